The number of benzene rings is 1. The Morgan fingerprint density at radius 3 is 2.86 bits per heavy atom. The topological polar surface area (TPSA) is 75.6 Å². The number of nitrogens with one attached hydrogen (secondary N) is 1. The normalized spacial score (nSPS) is 23.0. The maximum atomic E-state index is 12.7. The minimum atomic E-state index is -3.68. The summed E-state index contributed by atoms with van der Waals surface area (Å²) in [6.45, 7) is 2.14. The first-order chi connectivity index (χ1) is 10.0. The highest BCUT2D eigenvalue weighted by Gasteiger charge is 2.32. The van der Waals surface area contributed by atoms with E-state index in [2.05, 4.69) is 4.72 Å². The van der Waals surface area contributed by atoms with Crippen LogP contribution in [0, 0.1) is 0 Å². The molecule has 0 aliphatic carbocycles. The number of hydrogen-bond donors (Lipinski definition) is 2. The second-order valence-corrected chi connectivity index (χ2v) is 7.89. The van der Waals surface area contributed by atoms with Gasteiger partial charge in [-0.3, -0.25) is 0 Å². The smallest absolute Gasteiger partial charge is 0.242 e. The Bertz CT molecular complexity index is 753. The van der Waals surface area contributed by atoms with E-state index in [-0.39, 0.29) is 23.6 Å². The van der Waals surface area contributed by atoms with Crippen molar-refractivity contribution in [2.45, 2.75) is 37.0 Å². The van der Waals surface area contributed by atoms with Crippen LogP contribution < -0.4 is 4.72 Å². The molecule has 0 spiro atoms. The molecule has 1 aromatic heterocycles. The lowest BCUT2D eigenvalue weighted by Gasteiger charge is -2.16. The largest absolute Gasteiger partial charge is 0.391 e. The SMILES string of the molecule is CC1OCCC1NS(=O)(=O)c1c(CO)sc2ccccc12. The van der Waals surface area contributed by atoms with Crippen molar-refractivity contribution in [3.05, 3.63) is 29.1 Å². The van der Waals surface area contributed by atoms with Gasteiger partial charge in [-0.1, -0.05) is 18.2 Å². The molecule has 7 heteroatoms. The zero-order valence-electron chi connectivity index (χ0n) is 11.6. The van der Waals surface area contributed by atoms with Gasteiger partial charge in [-0.2, -0.15) is 0 Å². The Kier molecular flexibility index (Phi) is 4.02. The first kappa shape index (κ1) is 14.9. The first-order valence-corrected chi connectivity index (χ1v) is 9.08. The van der Waals surface area contributed by atoms with Crippen LogP contribution in [0.2, 0.25) is 0 Å². The number of ether oxygens (including phenoxy) is 1. The van der Waals surface area contributed by atoms with Gasteiger partial charge in [0, 0.05) is 16.7 Å². The average Bonchev–Trinajstić information content (AvgIpc) is 3.02. The molecule has 21 heavy (non-hydrogen) atoms. The van der Waals surface area contributed by atoms with Crippen LogP contribution in [0.25, 0.3) is 10.1 Å². The van der Waals surface area contributed by atoms with E-state index in [0.29, 0.717) is 23.3 Å². The number of sulfonamides is 1. The van der Waals surface area contributed by atoms with Gasteiger partial charge >= 0.3 is 0 Å². The van der Waals surface area contributed by atoms with Gasteiger partial charge in [0.25, 0.3) is 0 Å². The molecular weight excluding hydrogens is 310 g/mol. The Morgan fingerprint density at radius 1 is 1.43 bits per heavy atom. The summed E-state index contributed by atoms with van der Waals surface area (Å²) >= 11 is 1.31. The molecule has 2 aromatic rings. The molecule has 2 unspecified atom stereocenters. The Hall–Kier alpha value is -0.990. The Morgan fingerprint density at radius 2 is 2.19 bits per heavy atom. The van der Waals surface area contributed by atoms with Crippen molar-refractivity contribution in [1.82, 2.24) is 4.72 Å². The number of thiophene rings is 1. The third-order valence-electron chi connectivity index (χ3n) is 3.71. The molecule has 1 aliphatic rings. The van der Waals surface area contributed by atoms with Gasteiger partial charge in [0.05, 0.1) is 23.6 Å². The molecule has 3 rings (SSSR count). The molecule has 2 N–H and O–H groups in total. The lowest BCUT2D eigenvalue weighted by Crippen LogP contribution is -2.39. The fourth-order valence-electron chi connectivity index (χ4n) is 2.62. The minimum absolute atomic E-state index is 0.137. The molecule has 0 bridgehead atoms. The van der Waals surface area contributed by atoms with Gasteiger partial charge in [0.15, 0.2) is 0 Å². The zero-order valence-corrected chi connectivity index (χ0v) is 13.2. The van der Waals surface area contributed by atoms with Gasteiger partial charge in [0.2, 0.25) is 10.0 Å². The molecule has 2 heterocycles. The van der Waals surface area contributed by atoms with E-state index in [1.54, 1.807) is 12.1 Å². The van der Waals surface area contributed by atoms with E-state index in [1.165, 1.54) is 11.3 Å². The zero-order chi connectivity index (χ0) is 15.0. The highest BCUT2D eigenvalue weighted by atomic mass is 32.2. The van der Waals surface area contributed by atoms with Crippen molar-refractivity contribution in [2.24, 2.45) is 0 Å². The summed E-state index contributed by atoms with van der Waals surface area (Å²) in [6, 6.07) is 7.07. The molecule has 1 aliphatic heterocycles. The number of hydrogen-bond acceptors (Lipinski definition) is 5. The molecule has 0 saturated carbocycles. The quantitative estimate of drug-likeness (QED) is 0.898. The van der Waals surface area contributed by atoms with Crippen molar-refractivity contribution >= 4 is 31.4 Å². The highest BCUT2D eigenvalue weighted by molar-refractivity contribution is 7.90. The van der Waals surface area contributed by atoms with Crippen LogP contribution in [-0.4, -0.2) is 32.3 Å². The number of aliphatic hydroxyl groups excluding tert-OH is 1. The molecular formula is C14H17NO4S2. The van der Waals surface area contributed by atoms with Gasteiger partial charge in [-0.25, -0.2) is 13.1 Å². The fraction of sp³-hybridized carbons (Fsp3) is 0.429. The van der Waals surface area contributed by atoms with Gasteiger partial charge in [-0.05, 0) is 19.4 Å². The number of aliphatic hydroxyl groups is 1. The van der Waals surface area contributed by atoms with Crippen LogP contribution in [0.4, 0.5) is 0 Å². The molecule has 2 atom stereocenters. The van der Waals surface area contributed by atoms with Crippen molar-refractivity contribution < 1.29 is 18.3 Å². The van der Waals surface area contributed by atoms with Crippen LogP contribution in [0.15, 0.2) is 29.2 Å². The van der Waals surface area contributed by atoms with Crippen molar-refractivity contribution in [3.63, 3.8) is 0 Å². The minimum Gasteiger partial charge on any atom is -0.391 e. The third kappa shape index (κ3) is 2.72. The summed E-state index contributed by atoms with van der Waals surface area (Å²) in [5.41, 5.74) is 0. The highest BCUT2D eigenvalue weighted by Crippen LogP contribution is 2.35. The second kappa shape index (κ2) is 5.66. The van der Waals surface area contributed by atoms with Gasteiger partial charge in [-0.15, -0.1) is 11.3 Å². The molecule has 0 radical (unpaired) electrons. The summed E-state index contributed by atoms with van der Waals surface area (Å²) in [6.07, 6.45) is 0.527. The Balaban J connectivity index is 2.05. The van der Waals surface area contributed by atoms with Crippen molar-refractivity contribution in [2.75, 3.05) is 6.61 Å². The van der Waals surface area contributed by atoms with E-state index in [0.717, 1.165) is 4.70 Å². The molecule has 1 fully saturated rings. The summed E-state index contributed by atoms with van der Waals surface area (Å²) in [5.74, 6) is 0. The number of rotatable bonds is 4. The predicted octanol–water partition coefficient (Wildman–Crippen LogP) is 1.85. The molecule has 114 valence electrons. The maximum absolute atomic E-state index is 12.7. The summed E-state index contributed by atoms with van der Waals surface area (Å²) in [7, 11) is -3.68. The fourth-order valence-corrected chi connectivity index (χ4v) is 5.75. The van der Waals surface area contributed by atoms with Crippen LogP contribution in [0.1, 0.15) is 18.2 Å². The van der Waals surface area contributed by atoms with E-state index in [9.17, 15) is 13.5 Å². The molecule has 5 nitrogen and oxygen atoms in total. The van der Waals surface area contributed by atoms with E-state index >= 15 is 0 Å². The summed E-state index contributed by atoms with van der Waals surface area (Å²) < 4.78 is 34.4. The van der Waals surface area contributed by atoms with E-state index < -0.39 is 10.0 Å². The molecule has 1 saturated heterocycles. The maximum Gasteiger partial charge on any atom is 0.242 e. The molecule has 0 amide bonds. The standard InChI is InChI=1S/C14H17NO4S2/c1-9-11(6-7-19-9)15-21(17,18)14-10-4-2-3-5-12(10)20-13(14)8-16/h2-5,9,11,15-16H,6-8H2,1H3. The monoisotopic (exact) mass is 327 g/mol. The van der Waals surface area contributed by atoms with E-state index in [1.807, 2.05) is 19.1 Å². The third-order valence-corrected chi connectivity index (χ3v) is 6.61. The van der Waals surface area contributed by atoms with Crippen LogP contribution in [0.3, 0.4) is 0 Å². The summed E-state index contributed by atoms with van der Waals surface area (Å²) in [5, 5.41) is 10.1. The first-order valence-electron chi connectivity index (χ1n) is 6.78. The van der Waals surface area contributed by atoms with Crippen molar-refractivity contribution in [1.29, 1.82) is 0 Å². The van der Waals surface area contributed by atoms with Crippen LogP contribution in [0.5, 0.6) is 0 Å². The lowest BCUT2D eigenvalue weighted by molar-refractivity contribution is 0.117. The molecule has 1 aromatic carbocycles. The van der Waals surface area contributed by atoms with Gasteiger partial charge in [0.1, 0.15) is 4.90 Å². The van der Waals surface area contributed by atoms with Gasteiger partial charge < -0.3 is 9.84 Å². The second-order valence-electron chi connectivity index (χ2n) is 5.10. The summed E-state index contributed by atoms with van der Waals surface area (Å²) in [4.78, 5) is 0.667. The number of fused-ring (bicyclic) bond motifs is 1. The lowest BCUT2D eigenvalue weighted by atomic mass is 10.2. The van der Waals surface area contributed by atoms with Crippen LogP contribution in [-0.2, 0) is 21.4 Å². The average molecular weight is 327 g/mol. The van der Waals surface area contributed by atoms with Crippen molar-refractivity contribution in [3.8, 4) is 0 Å². The van der Waals surface area contributed by atoms with Crippen LogP contribution >= 0.6 is 11.3 Å². The Labute approximate surface area is 127 Å². The predicted molar refractivity (Wildman–Crippen MR) is 81.9 cm³/mol. The van der Waals surface area contributed by atoms with E-state index in [4.69, 9.17) is 4.74 Å².